The Morgan fingerprint density at radius 2 is 2.19 bits per heavy atom. The average Bonchev–Trinajstić information content (AvgIpc) is 2.91. The van der Waals surface area contributed by atoms with Gasteiger partial charge < -0.3 is 20.3 Å². The molecule has 0 radical (unpaired) electrons. The molecule has 0 aliphatic heterocycles. The first-order valence-corrected chi connectivity index (χ1v) is 6.69. The molecule has 2 amide bonds. The minimum absolute atomic E-state index is 0.00486. The number of amides is 2. The van der Waals surface area contributed by atoms with Crippen LogP contribution >= 0.6 is 15.9 Å². The fourth-order valence-electron chi connectivity index (χ4n) is 1.56. The highest BCUT2D eigenvalue weighted by Crippen LogP contribution is 2.21. The molecule has 0 aliphatic carbocycles. The first-order chi connectivity index (χ1) is 10.1. The quantitative estimate of drug-likeness (QED) is 0.754. The summed E-state index contributed by atoms with van der Waals surface area (Å²) in [5.74, 6) is -0.715. The van der Waals surface area contributed by atoms with Gasteiger partial charge in [0, 0.05) is 17.4 Å². The van der Waals surface area contributed by atoms with E-state index in [0.717, 1.165) is 0 Å². The van der Waals surface area contributed by atoms with E-state index in [4.69, 9.17) is 9.63 Å². The number of carboxylic acid groups (broad SMARTS) is 1. The van der Waals surface area contributed by atoms with Gasteiger partial charge in [-0.2, -0.15) is 4.98 Å². The van der Waals surface area contributed by atoms with Gasteiger partial charge in [-0.15, -0.1) is 0 Å². The number of nitrogens with zero attached hydrogens (tertiary/aromatic N) is 2. The molecule has 2 aromatic rings. The third kappa shape index (κ3) is 4.28. The number of urea groups is 1. The van der Waals surface area contributed by atoms with Crippen LogP contribution in [0.3, 0.4) is 0 Å². The Bertz CT molecular complexity index is 645. The molecule has 9 heteroatoms. The number of nitrogens with one attached hydrogen (secondary N) is 2. The molecule has 0 aliphatic rings. The van der Waals surface area contributed by atoms with E-state index in [1.165, 1.54) is 18.5 Å². The fraction of sp³-hybridized carbons (Fsp3) is 0.167. The normalized spacial score (nSPS) is 10.1. The zero-order valence-electron chi connectivity index (χ0n) is 10.7. The highest BCUT2D eigenvalue weighted by molar-refractivity contribution is 9.10. The predicted octanol–water partition coefficient (Wildman–Crippen LogP) is 1.89. The lowest BCUT2D eigenvalue weighted by atomic mass is 10.2. The Morgan fingerprint density at radius 1 is 1.38 bits per heavy atom. The van der Waals surface area contributed by atoms with E-state index in [1.807, 2.05) is 0 Å². The SMILES string of the molecule is O=C(NCCc1ncno1)Nc1cc(Br)ccc1C(=O)O. The van der Waals surface area contributed by atoms with Crippen molar-refractivity contribution < 1.29 is 19.2 Å². The molecule has 0 atom stereocenters. The lowest BCUT2D eigenvalue weighted by Gasteiger charge is -2.09. The van der Waals surface area contributed by atoms with Crippen molar-refractivity contribution in [2.45, 2.75) is 6.42 Å². The summed E-state index contributed by atoms with van der Waals surface area (Å²) in [6.07, 6.45) is 1.66. The largest absolute Gasteiger partial charge is 0.478 e. The van der Waals surface area contributed by atoms with Crippen molar-refractivity contribution >= 4 is 33.6 Å². The summed E-state index contributed by atoms with van der Waals surface area (Å²) >= 11 is 3.22. The molecule has 1 heterocycles. The van der Waals surface area contributed by atoms with Crippen molar-refractivity contribution in [3.05, 3.63) is 40.5 Å². The van der Waals surface area contributed by atoms with E-state index >= 15 is 0 Å². The van der Waals surface area contributed by atoms with E-state index in [2.05, 4.69) is 36.7 Å². The first-order valence-electron chi connectivity index (χ1n) is 5.89. The van der Waals surface area contributed by atoms with E-state index in [-0.39, 0.29) is 17.8 Å². The third-order valence-corrected chi connectivity index (χ3v) is 2.98. The smallest absolute Gasteiger partial charge is 0.337 e. The van der Waals surface area contributed by atoms with Gasteiger partial charge in [0.2, 0.25) is 5.89 Å². The predicted molar refractivity (Wildman–Crippen MR) is 76.1 cm³/mol. The Balaban J connectivity index is 1.93. The molecule has 8 nitrogen and oxygen atoms in total. The van der Waals surface area contributed by atoms with Crippen LogP contribution in [0.15, 0.2) is 33.5 Å². The minimum Gasteiger partial charge on any atom is -0.478 e. The van der Waals surface area contributed by atoms with Gasteiger partial charge in [0.15, 0.2) is 6.33 Å². The molecule has 0 saturated heterocycles. The second-order valence-corrected chi connectivity index (χ2v) is 4.88. The van der Waals surface area contributed by atoms with Gasteiger partial charge in [0.1, 0.15) is 0 Å². The Labute approximate surface area is 127 Å². The van der Waals surface area contributed by atoms with Crippen molar-refractivity contribution in [2.75, 3.05) is 11.9 Å². The zero-order valence-corrected chi connectivity index (χ0v) is 12.3. The van der Waals surface area contributed by atoms with Gasteiger partial charge in [-0.25, -0.2) is 9.59 Å². The van der Waals surface area contributed by atoms with Crippen LogP contribution in [0.4, 0.5) is 10.5 Å². The molecule has 21 heavy (non-hydrogen) atoms. The van der Waals surface area contributed by atoms with Gasteiger partial charge in [-0.1, -0.05) is 21.1 Å². The number of rotatable bonds is 5. The molecular weight excluding hydrogens is 344 g/mol. The summed E-state index contributed by atoms with van der Waals surface area (Å²) in [7, 11) is 0. The maximum atomic E-state index is 11.7. The number of anilines is 1. The lowest BCUT2D eigenvalue weighted by Crippen LogP contribution is -2.31. The van der Waals surface area contributed by atoms with Crippen LogP contribution in [0.25, 0.3) is 0 Å². The van der Waals surface area contributed by atoms with Crippen molar-refractivity contribution in [3.8, 4) is 0 Å². The van der Waals surface area contributed by atoms with Crippen LogP contribution in [0, 0.1) is 0 Å². The van der Waals surface area contributed by atoms with E-state index in [9.17, 15) is 9.59 Å². The van der Waals surface area contributed by atoms with Gasteiger partial charge in [0.25, 0.3) is 0 Å². The summed E-state index contributed by atoms with van der Waals surface area (Å²) in [5, 5.41) is 17.6. The number of carbonyl (C=O) groups excluding carboxylic acids is 1. The molecule has 1 aromatic heterocycles. The van der Waals surface area contributed by atoms with Gasteiger partial charge >= 0.3 is 12.0 Å². The van der Waals surface area contributed by atoms with Gasteiger partial charge in [-0.05, 0) is 18.2 Å². The van der Waals surface area contributed by atoms with E-state index in [0.29, 0.717) is 16.8 Å². The molecule has 0 unspecified atom stereocenters. The molecule has 110 valence electrons. The molecule has 0 spiro atoms. The third-order valence-electron chi connectivity index (χ3n) is 2.49. The Kier molecular flexibility index (Phi) is 4.88. The van der Waals surface area contributed by atoms with Crippen LogP contribution < -0.4 is 10.6 Å². The summed E-state index contributed by atoms with van der Waals surface area (Å²) in [4.78, 5) is 26.6. The topological polar surface area (TPSA) is 117 Å². The number of halogens is 1. The van der Waals surface area contributed by atoms with E-state index < -0.39 is 12.0 Å². The van der Waals surface area contributed by atoms with Crippen LogP contribution in [-0.4, -0.2) is 33.8 Å². The van der Waals surface area contributed by atoms with Crippen molar-refractivity contribution in [3.63, 3.8) is 0 Å². The molecule has 1 aromatic carbocycles. The lowest BCUT2D eigenvalue weighted by molar-refractivity contribution is 0.0698. The van der Waals surface area contributed by atoms with Crippen molar-refractivity contribution in [2.24, 2.45) is 0 Å². The minimum atomic E-state index is -1.12. The zero-order chi connectivity index (χ0) is 15.2. The standard InChI is InChI=1S/C12H11BrN4O4/c13-7-1-2-8(11(18)19)9(5-7)17-12(20)14-4-3-10-15-6-16-21-10/h1-2,5-6H,3-4H2,(H,18,19)(H2,14,17,20). The summed E-state index contributed by atoms with van der Waals surface area (Å²) in [6, 6.07) is 3.99. The first kappa shape index (κ1) is 15.0. The van der Waals surface area contributed by atoms with Crippen LogP contribution in [0.5, 0.6) is 0 Å². The summed E-state index contributed by atoms with van der Waals surface area (Å²) in [5.41, 5.74) is 0.206. The molecule has 2 rings (SSSR count). The Morgan fingerprint density at radius 3 is 2.86 bits per heavy atom. The van der Waals surface area contributed by atoms with Crippen LogP contribution in [-0.2, 0) is 6.42 Å². The van der Waals surface area contributed by atoms with E-state index in [1.54, 1.807) is 6.07 Å². The van der Waals surface area contributed by atoms with Crippen molar-refractivity contribution in [1.82, 2.24) is 15.5 Å². The molecule has 0 saturated carbocycles. The summed E-state index contributed by atoms with van der Waals surface area (Å²) < 4.78 is 5.44. The molecule has 3 N–H and O–H groups in total. The summed E-state index contributed by atoms with van der Waals surface area (Å²) in [6.45, 7) is 0.282. The number of carbonyl (C=O) groups is 2. The second-order valence-electron chi connectivity index (χ2n) is 3.96. The number of benzene rings is 1. The maximum absolute atomic E-state index is 11.7. The second kappa shape index (κ2) is 6.84. The fourth-order valence-corrected chi connectivity index (χ4v) is 1.92. The highest BCUT2D eigenvalue weighted by Gasteiger charge is 2.12. The van der Waals surface area contributed by atoms with Gasteiger partial charge in [0.05, 0.1) is 11.3 Å². The van der Waals surface area contributed by atoms with Crippen molar-refractivity contribution in [1.29, 1.82) is 0 Å². The number of aromatic carboxylic acids is 1. The molecule has 0 fully saturated rings. The molecular formula is C12H11BrN4O4. The number of hydrogen-bond acceptors (Lipinski definition) is 5. The number of hydrogen-bond donors (Lipinski definition) is 3. The average molecular weight is 355 g/mol. The number of carboxylic acids is 1. The maximum Gasteiger partial charge on any atom is 0.337 e. The molecule has 0 bridgehead atoms. The number of aromatic nitrogens is 2. The highest BCUT2D eigenvalue weighted by atomic mass is 79.9. The van der Waals surface area contributed by atoms with Crippen LogP contribution in [0.2, 0.25) is 0 Å². The van der Waals surface area contributed by atoms with Crippen LogP contribution in [0.1, 0.15) is 16.2 Å². The Hall–Kier alpha value is -2.42. The van der Waals surface area contributed by atoms with Gasteiger partial charge in [-0.3, -0.25) is 0 Å². The monoisotopic (exact) mass is 354 g/mol.